The van der Waals surface area contributed by atoms with Crippen LogP contribution < -0.4 is 5.32 Å². The molecule has 0 aliphatic carbocycles. The minimum atomic E-state index is 0.239. The van der Waals surface area contributed by atoms with Crippen molar-refractivity contribution in [1.82, 2.24) is 5.32 Å². The number of hydrogen-bond donors (Lipinski definition) is 1. The molecule has 3 nitrogen and oxygen atoms in total. The average molecular weight is 342 g/mol. The van der Waals surface area contributed by atoms with Gasteiger partial charge in [0.25, 0.3) is 0 Å². The molecule has 0 fully saturated rings. The van der Waals surface area contributed by atoms with Gasteiger partial charge in [0.05, 0.1) is 27.7 Å². The quantitative estimate of drug-likeness (QED) is 0.283. The van der Waals surface area contributed by atoms with E-state index in [1.54, 1.807) is 0 Å². The first-order valence-corrected chi connectivity index (χ1v) is 10.5. The smallest absolute Gasteiger partial charge is 0.219 e. The Bertz CT molecular complexity index is 284. The molecule has 144 valence electrons. The van der Waals surface area contributed by atoms with E-state index in [9.17, 15) is 4.79 Å². The number of carbonyl (C=O) groups is 1. The van der Waals surface area contributed by atoms with Crippen molar-refractivity contribution in [1.29, 1.82) is 0 Å². The molecule has 0 radical (unpaired) electrons. The Balaban J connectivity index is 3.19. The van der Waals surface area contributed by atoms with Crippen LogP contribution in [-0.2, 0) is 4.79 Å². The van der Waals surface area contributed by atoms with Gasteiger partial charge >= 0.3 is 0 Å². The third kappa shape index (κ3) is 19.5. The molecular formula is C21H45N2O+. The van der Waals surface area contributed by atoms with Gasteiger partial charge in [-0.1, -0.05) is 77.6 Å². The van der Waals surface area contributed by atoms with Gasteiger partial charge in [0, 0.05) is 19.4 Å². The Hall–Kier alpha value is -0.570. The molecule has 0 spiro atoms. The summed E-state index contributed by atoms with van der Waals surface area (Å²) in [6.45, 7) is 4.21. The molecule has 1 N–H and O–H groups in total. The second kappa shape index (κ2) is 15.9. The molecule has 0 saturated heterocycles. The van der Waals surface area contributed by atoms with E-state index < -0.39 is 0 Å². The number of rotatable bonds is 17. The number of nitrogens with one attached hydrogen (secondary N) is 1. The summed E-state index contributed by atoms with van der Waals surface area (Å²) in [5.74, 6) is 0.239. The topological polar surface area (TPSA) is 29.1 Å². The Kier molecular flexibility index (Phi) is 15.6. The molecule has 0 aliphatic heterocycles. The van der Waals surface area contributed by atoms with E-state index >= 15 is 0 Å². The fourth-order valence-corrected chi connectivity index (χ4v) is 3.00. The van der Waals surface area contributed by atoms with Gasteiger partial charge in [0.15, 0.2) is 0 Å². The van der Waals surface area contributed by atoms with E-state index in [2.05, 4.69) is 33.4 Å². The predicted octanol–water partition coefficient (Wildman–Crippen LogP) is 5.29. The van der Waals surface area contributed by atoms with Crippen LogP contribution in [0.3, 0.4) is 0 Å². The molecule has 0 aliphatic rings. The van der Waals surface area contributed by atoms with Crippen LogP contribution in [-0.4, -0.2) is 44.6 Å². The molecule has 0 aromatic heterocycles. The van der Waals surface area contributed by atoms with Gasteiger partial charge in [-0.05, 0) is 6.42 Å². The number of unbranched alkanes of at least 4 members (excludes halogenated alkanes) is 11. The van der Waals surface area contributed by atoms with Crippen LogP contribution in [0.15, 0.2) is 0 Å². The number of quaternary nitrogens is 1. The molecule has 0 atom stereocenters. The zero-order valence-corrected chi connectivity index (χ0v) is 17.2. The van der Waals surface area contributed by atoms with Crippen LogP contribution in [0.5, 0.6) is 0 Å². The van der Waals surface area contributed by atoms with Crippen molar-refractivity contribution in [3.8, 4) is 0 Å². The highest BCUT2D eigenvalue weighted by Crippen LogP contribution is 2.12. The summed E-state index contributed by atoms with van der Waals surface area (Å²) in [6, 6.07) is 0. The lowest BCUT2D eigenvalue weighted by Crippen LogP contribution is -2.37. The van der Waals surface area contributed by atoms with Gasteiger partial charge in [-0.2, -0.15) is 0 Å². The van der Waals surface area contributed by atoms with Crippen molar-refractivity contribution < 1.29 is 9.28 Å². The second-order valence-corrected chi connectivity index (χ2v) is 8.36. The van der Waals surface area contributed by atoms with Gasteiger partial charge < -0.3 is 9.80 Å². The number of amides is 1. The van der Waals surface area contributed by atoms with Crippen molar-refractivity contribution in [3.05, 3.63) is 0 Å². The van der Waals surface area contributed by atoms with E-state index in [0.717, 1.165) is 30.4 Å². The molecule has 0 rings (SSSR count). The van der Waals surface area contributed by atoms with E-state index in [4.69, 9.17) is 0 Å². The van der Waals surface area contributed by atoms with Crippen LogP contribution in [0, 0.1) is 0 Å². The normalized spacial score (nSPS) is 11.7. The summed E-state index contributed by atoms with van der Waals surface area (Å²) < 4.78 is 0.967. The maximum Gasteiger partial charge on any atom is 0.219 e. The number of nitrogens with zero attached hydrogens (tertiary/aromatic N) is 1. The van der Waals surface area contributed by atoms with Gasteiger partial charge in [-0.25, -0.2) is 0 Å². The SMILES string of the molecule is CCCCCCCCCCCCCCC(=O)NCCC[N+](C)(C)C. The van der Waals surface area contributed by atoms with Crippen LogP contribution in [0.1, 0.15) is 96.8 Å². The summed E-state index contributed by atoms with van der Waals surface area (Å²) in [5.41, 5.74) is 0. The number of carbonyl (C=O) groups excluding carboxylic acids is 1. The first kappa shape index (κ1) is 23.4. The Morgan fingerprint density at radius 3 is 1.62 bits per heavy atom. The van der Waals surface area contributed by atoms with Gasteiger partial charge in [-0.3, -0.25) is 4.79 Å². The van der Waals surface area contributed by atoms with Gasteiger partial charge in [-0.15, -0.1) is 0 Å². The minimum Gasteiger partial charge on any atom is -0.356 e. The maximum absolute atomic E-state index is 11.7. The maximum atomic E-state index is 11.7. The fraction of sp³-hybridized carbons (Fsp3) is 0.952. The molecule has 0 aromatic carbocycles. The van der Waals surface area contributed by atoms with E-state index in [1.165, 1.54) is 70.6 Å². The summed E-state index contributed by atoms with van der Waals surface area (Å²) >= 11 is 0. The summed E-state index contributed by atoms with van der Waals surface area (Å²) in [7, 11) is 6.57. The highest BCUT2D eigenvalue weighted by molar-refractivity contribution is 5.75. The molecule has 3 heteroatoms. The van der Waals surface area contributed by atoms with Crippen LogP contribution in [0.25, 0.3) is 0 Å². The Morgan fingerprint density at radius 2 is 1.17 bits per heavy atom. The molecule has 0 unspecified atom stereocenters. The summed E-state index contributed by atoms with van der Waals surface area (Å²) in [6.07, 6.45) is 17.9. The molecule has 0 saturated carbocycles. The largest absolute Gasteiger partial charge is 0.356 e. The van der Waals surface area contributed by atoms with E-state index in [0.29, 0.717) is 6.42 Å². The summed E-state index contributed by atoms with van der Waals surface area (Å²) in [5, 5.41) is 3.05. The first-order chi connectivity index (χ1) is 11.5. The van der Waals surface area contributed by atoms with Gasteiger partial charge in [0.2, 0.25) is 5.91 Å². The summed E-state index contributed by atoms with van der Waals surface area (Å²) in [4.78, 5) is 11.7. The highest BCUT2D eigenvalue weighted by atomic mass is 16.1. The lowest BCUT2D eigenvalue weighted by atomic mass is 10.0. The Labute approximate surface area is 152 Å². The van der Waals surface area contributed by atoms with Crippen LogP contribution in [0.4, 0.5) is 0 Å². The minimum absolute atomic E-state index is 0.239. The van der Waals surface area contributed by atoms with Crippen molar-refractivity contribution in [2.45, 2.75) is 96.8 Å². The standard InChI is InChI=1S/C21H44N2O/c1-5-6-7-8-9-10-11-12-13-14-15-16-18-21(24)22-19-17-20-23(2,3)4/h5-20H2,1-4H3/p+1. The zero-order valence-electron chi connectivity index (χ0n) is 17.2. The predicted molar refractivity (Wildman–Crippen MR) is 106 cm³/mol. The van der Waals surface area contributed by atoms with Crippen molar-refractivity contribution in [2.24, 2.45) is 0 Å². The molecule has 1 amide bonds. The van der Waals surface area contributed by atoms with Crippen LogP contribution in [0.2, 0.25) is 0 Å². The average Bonchev–Trinajstić information content (AvgIpc) is 2.52. The zero-order chi connectivity index (χ0) is 18.1. The lowest BCUT2D eigenvalue weighted by molar-refractivity contribution is -0.870. The fourth-order valence-electron chi connectivity index (χ4n) is 3.00. The Morgan fingerprint density at radius 1 is 0.708 bits per heavy atom. The van der Waals surface area contributed by atoms with Crippen molar-refractivity contribution in [2.75, 3.05) is 34.2 Å². The first-order valence-electron chi connectivity index (χ1n) is 10.5. The third-order valence-corrected chi connectivity index (χ3v) is 4.59. The molecular weight excluding hydrogens is 296 g/mol. The van der Waals surface area contributed by atoms with Crippen LogP contribution >= 0.6 is 0 Å². The number of hydrogen-bond acceptors (Lipinski definition) is 1. The monoisotopic (exact) mass is 341 g/mol. The van der Waals surface area contributed by atoms with Crippen molar-refractivity contribution in [3.63, 3.8) is 0 Å². The third-order valence-electron chi connectivity index (χ3n) is 4.59. The van der Waals surface area contributed by atoms with E-state index in [1.807, 2.05) is 0 Å². The lowest BCUT2D eigenvalue weighted by Gasteiger charge is -2.23. The molecule has 0 bridgehead atoms. The van der Waals surface area contributed by atoms with E-state index in [-0.39, 0.29) is 5.91 Å². The van der Waals surface area contributed by atoms with Gasteiger partial charge in [0.1, 0.15) is 0 Å². The highest BCUT2D eigenvalue weighted by Gasteiger charge is 2.06. The molecule has 24 heavy (non-hydrogen) atoms. The molecule has 0 aromatic rings. The second-order valence-electron chi connectivity index (χ2n) is 8.36. The van der Waals surface area contributed by atoms with Crippen molar-refractivity contribution >= 4 is 5.91 Å². The molecule has 0 heterocycles.